The molecule has 4 saturated carbocycles. The van der Waals surface area contributed by atoms with Gasteiger partial charge < -0.3 is 4.74 Å². The first kappa shape index (κ1) is 18.9. The minimum absolute atomic E-state index is 0.420. The number of halogens is 4. The fourth-order valence-electron chi connectivity index (χ4n) is 5.12. The summed E-state index contributed by atoms with van der Waals surface area (Å²) < 4.78 is 87.1. The van der Waals surface area contributed by atoms with Crippen LogP contribution in [0.4, 0.5) is 17.6 Å². The van der Waals surface area contributed by atoms with Crippen molar-refractivity contribution < 1.29 is 40.1 Å². The third-order valence-corrected chi connectivity index (χ3v) is 6.82. The largest absolute Gasteiger partial charge is 0.465 e. The number of esters is 1. The Morgan fingerprint density at radius 3 is 1.88 bits per heavy atom. The summed E-state index contributed by atoms with van der Waals surface area (Å²) in [5.74, 6) is -4.43. The summed E-state index contributed by atoms with van der Waals surface area (Å²) in [6.07, 6.45) is 3.40. The zero-order chi connectivity index (χ0) is 18.7. The van der Waals surface area contributed by atoms with Gasteiger partial charge in [-0.05, 0) is 56.3 Å². The zero-order valence-corrected chi connectivity index (χ0v) is 14.2. The van der Waals surface area contributed by atoms with E-state index in [2.05, 4.69) is 0 Å². The van der Waals surface area contributed by atoms with Crippen molar-refractivity contribution in [2.45, 2.75) is 56.1 Å². The number of carbonyl (C=O) groups is 1. The van der Waals surface area contributed by atoms with Gasteiger partial charge in [0.2, 0.25) is 0 Å². The molecule has 0 spiro atoms. The van der Waals surface area contributed by atoms with Crippen molar-refractivity contribution >= 4 is 16.1 Å². The smallest absolute Gasteiger partial charge is 0.431 e. The van der Waals surface area contributed by atoms with Crippen molar-refractivity contribution in [3.63, 3.8) is 0 Å². The summed E-state index contributed by atoms with van der Waals surface area (Å²) in [6, 6.07) is 0. The minimum Gasteiger partial charge on any atom is -0.465 e. The van der Waals surface area contributed by atoms with Crippen molar-refractivity contribution in [3.8, 4) is 0 Å². The lowest BCUT2D eigenvalue weighted by molar-refractivity contribution is -0.185. The van der Waals surface area contributed by atoms with Gasteiger partial charge in [0, 0.05) is 0 Å². The number of ether oxygens (including phenoxy) is 1. The zero-order valence-electron chi connectivity index (χ0n) is 13.4. The normalized spacial score (nSPS) is 35.0. The van der Waals surface area contributed by atoms with Crippen LogP contribution in [-0.4, -0.2) is 36.7 Å². The molecular weight excluding hydrogens is 368 g/mol. The quantitative estimate of drug-likeness (QED) is 0.429. The maximum absolute atomic E-state index is 13.4. The van der Waals surface area contributed by atoms with Gasteiger partial charge in [-0.2, -0.15) is 26.0 Å². The molecule has 4 bridgehead atoms. The van der Waals surface area contributed by atoms with Gasteiger partial charge in [0.05, 0.1) is 18.4 Å². The summed E-state index contributed by atoms with van der Waals surface area (Å²) in [7, 11) is -6.27. The fourth-order valence-corrected chi connectivity index (χ4v) is 5.60. The first-order valence-corrected chi connectivity index (χ1v) is 9.70. The van der Waals surface area contributed by atoms with Crippen LogP contribution >= 0.6 is 0 Å². The molecule has 144 valence electrons. The van der Waals surface area contributed by atoms with Crippen LogP contribution in [0.25, 0.3) is 0 Å². The average molecular weight is 388 g/mol. The van der Waals surface area contributed by atoms with E-state index in [1.807, 2.05) is 0 Å². The van der Waals surface area contributed by atoms with Crippen LogP contribution in [0.3, 0.4) is 0 Å². The molecule has 0 aromatic heterocycles. The van der Waals surface area contributed by atoms with Crippen LogP contribution in [0.1, 0.15) is 44.9 Å². The van der Waals surface area contributed by atoms with E-state index in [9.17, 15) is 30.8 Å². The summed E-state index contributed by atoms with van der Waals surface area (Å²) >= 11 is 0. The number of alkyl halides is 4. The number of carbonyl (C=O) groups excluding carboxylic acids is 1. The highest BCUT2D eigenvalue weighted by Crippen LogP contribution is 2.60. The van der Waals surface area contributed by atoms with Crippen molar-refractivity contribution in [1.82, 2.24) is 0 Å². The summed E-state index contributed by atoms with van der Waals surface area (Å²) in [5, 5.41) is -5.63. The highest BCUT2D eigenvalue weighted by Gasteiger charge is 2.65. The Morgan fingerprint density at radius 2 is 1.48 bits per heavy atom. The van der Waals surface area contributed by atoms with Crippen LogP contribution in [-0.2, 0) is 19.6 Å². The van der Waals surface area contributed by atoms with Gasteiger partial charge in [-0.15, -0.1) is 0 Å². The lowest BCUT2D eigenvalue weighted by atomic mass is 9.49. The van der Waals surface area contributed by atoms with Crippen LogP contribution in [0, 0.1) is 23.2 Å². The Morgan fingerprint density at radius 1 is 1.04 bits per heavy atom. The second-order valence-electron chi connectivity index (χ2n) is 7.78. The summed E-state index contributed by atoms with van der Waals surface area (Å²) in [4.78, 5) is 12.4. The molecule has 0 aromatic carbocycles. The van der Waals surface area contributed by atoms with Gasteiger partial charge in [0.1, 0.15) is 0 Å². The van der Waals surface area contributed by atoms with Crippen molar-refractivity contribution in [3.05, 3.63) is 0 Å². The second kappa shape index (κ2) is 5.80. The van der Waals surface area contributed by atoms with Gasteiger partial charge >= 0.3 is 27.3 Å². The lowest BCUT2D eigenvalue weighted by Crippen LogP contribution is -2.51. The molecule has 5 nitrogen and oxygen atoms in total. The highest BCUT2D eigenvalue weighted by molar-refractivity contribution is 7.87. The van der Waals surface area contributed by atoms with Crippen LogP contribution in [0.15, 0.2) is 0 Å². The van der Waals surface area contributed by atoms with Crippen molar-refractivity contribution in [2.24, 2.45) is 23.2 Å². The maximum Gasteiger partial charge on any atom is 0.431 e. The molecule has 1 N–H and O–H groups in total. The molecule has 4 fully saturated rings. The number of hydrogen-bond acceptors (Lipinski definition) is 4. The first-order valence-electron chi connectivity index (χ1n) is 8.26. The monoisotopic (exact) mass is 388 g/mol. The van der Waals surface area contributed by atoms with E-state index >= 15 is 0 Å². The SMILES string of the molecule is O=C(OCCC(F)(F)C(F)(F)S(=O)(=O)O)C12CC3CC(CC(C3)C1)C2. The number of hydrogen-bond donors (Lipinski definition) is 1. The van der Waals surface area contributed by atoms with E-state index in [1.54, 1.807) is 0 Å². The fraction of sp³-hybridized carbons (Fsp3) is 0.933. The lowest BCUT2D eigenvalue weighted by Gasteiger charge is -2.55. The third-order valence-electron chi connectivity index (χ3n) is 5.87. The van der Waals surface area contributed by atoms with Gasteiger partial charge in [-0.3, -0.25) is 9.35 Å². The second-order valence-corrected chi connectivity index (χ2v) is 9.24. The van der Waals surface area contributed by atoms with Gasteiger partial charge in [0.15, 0.2) is 0 Å². The standard InChI is InChI=1S/C15H20F4O5S/c16-14(17,15(18,19)25(21,22)23)1-2-24-12(20)13-6-9-3-10(7-13)5-11(4-9)8-13/h9-11H,1-8H2,(H,21,22,23). The third kappa shape index (κ3) is 3.15. The molecule has 0 atom stereocenters. The van der Waals surface area contributed by atoms with Crippen LogP contribution in [0.2, 0.25) is 0 Å². The Hall–Kier alpha value is -0.900. The van der Waals surface area contributed by atoms with E-state index in [0.29, 0.717) is 37.0 Å². The molecule has 0 heterocycles. The molecule has 0 unspecified atom stereocenters. The topological polar surface area (TPSA) is 80.7 Å². The van der Waals surface area contributed by atoms with E-state index in [-0.39, 0.29) is 0 Å². The molecule has 0 aromatic rings. The van der Waals surface area contributed by atoms with E-state index in [4.69, 9.17) is 9.29 Å². The molecule has 4 aliphatic carbocycles. The Bertz CT molecular complexity index is 626. The Kier molecular flexibility index (Phi) is 4.38. The molecular formula is C15H20F4O5S. The van der Waals surface area contributed by atoms with E-state index in [1.165, 1.54) is 0 Å². The molecule has 0 amide bonds. The summed E-state index contributed by atoms with van der Waals surface area (Å²) in [5.41, 5.74) is -0.713. The average Bonchev–Trinajstić information content (AvgIpc) is 2.44. The highest BCUT2D eigenvalue weighted by atomic mass is 32.2. The van der Waals surface area contributed by atoms with Crippen LogP contribution < -0.4 is 0 Å². The van der Waals surface area contributed by atoms with E-state index in [0.717, 1.165) is 19.3 Å². The predicted octanol–water partition coefficient (Wildman–Crippen LogP) is 3.25. The molecule has 0 aliphatic heterocycles. The Balaban J connectivity index is 1.60. The van der Waals surface area contributed by atoms with Crippen LogP contribution in [0.5, 0.6) is 0 Å². The van der Waals surface area contributed by atoms with E-state index < -0.39 is 45.7 Å². The minimum atomic E-state index is -6.27. The Labute approximate surface area is 142 Å². The van der Waals surface area contributed by atoms with Gasteiger partial charge in [0.25, 0.3) is 0 Å². The summed E-state index contributed by atoms with van der Waals surface area (Å²) in [6.45, 7) is -1.03. The number of rotatable bonds is 6. The first-order chi connectivity index (χ1) is 11.4. The molecule has 4 aliphatic rings. The van der Waals surface area contributed by atoms with Crippen molar-refractivity contribution in [1.29, 1.82) is 0 Å². The van der Waals surface area contributed by atoms with Crippen molar-refractivity contribution in [2.75, 3.05) is 6.61 Å². The molecule has 0 radical (unpaired) electrons. The van der Waals surface area contributed by atoms with Gasteiger partial charge in [-0.25, -0.2) is 0 Å². The molecule has 10 heteroatoms. The van der Waals surface area contributed by atoms with Gasteiger partial charge in [-0.1, -0.05) is 0 Å². The molecule has 0 saturated heterocycles. The predicted molar refractivity (Wildman–Crippen MR) is 77.6 cm³/mol. The maximum atomic E-state index is 13.4. The molecule has 25 heavy (non-hydrogen) atoms. The molecule has 4 rings (SSSR count).